The van der Waals surface area contributed by atoms with Gasteiger partial charge in [0, 0.05) is 0 Å². The summed E-state index contributed by atoms with van der Waals surface area (Å²) in [5, 5.41) is 26.1. The van der Waals surface area contributed by atoms with Gasteiger partial charge in [-0.15, -0.1) is 0 Å². The molecule has 0 amide bonds. The average molecular weight is 277 g/mol. The Balaban J connectivity index is 0.000000286. The van der Waals surface area contributed by atoms with Gasteiger partial charge in [-0.25, -0.2) is 9.59 Å². The molecule has 1 atom stereocenters. The Kier molecular flexibility index (Phi) is 5.64. The first kappa shape index (κ1) is 15.6. The molecular weight excluding hydrogens is 262 g/mol. The highest BCUT2D eigenvalue weighted by molar-refractivity contribution is 6.27. The molecular formula is C14H15NO5. The second-order valence-electron chi connectivity index (χ2n) is 4.01. The molecule has 2 rings (SSSR count). The van der Waals surface area contributed by atoms with Crippen molar-refractivity contribution in [2.45, 2.75) is 6.04 Å². The molecule has 5 N–H and O–H groups in total. The van der Waals surface area contributed by atoms with Gasteiger partial charge in [0.25, 0.3) is 0 Å². The predicted octanol–water partition coefficient (Wildman–Crippen LogP) is 0.987. The molecule has 0 bridgehead atoms. The van der Waals surface area contributed by atoms with Crippen LogP contribution in [0.2, 0.25) is 0 Å². The number of aliphatic hydroxyl groups excluding tert-OH is 1. The number of fused-ring (bicyclic) bond motifs is 1. The maximum Gasteiger partial charge on any atom is 0.414 e. The zero-order valence-electron chi connectivity index (χ0n) is 10.6. The molecule has 0 aromatic heterocycles. The number of carboxylic acids is 2. The molecule has 6 heteroatoms. The Bertz CT molecular complexity index is 599. The van der Waals surface area contributed by atoms with E-state index in [1.54, 1.807) is 0 Å². The van der Waals surface area contributed by atoms with Crippen LogP contribution in [0.3, 0.4) is 0 Å². The summed E-state index contributed by atoms with van der Waals surface area (Å²) in [5.41, 5.74) is 6.71. The van der Waals surface area contributed by atoms with Crippen LogP contribution in [-0.2, 0) is 9.59 Å². The molecule has 0 spiro atoms. The largest absolute Gasteiger partial charge is 0.473 e. The summed E-state index contributed by atoms with van der Waals surface area (Å²) in [6.45, 7) is -0.0155. The Labute approximate surface area is 115 Å². The fourth-order valence-corrected chi connectivity index (χ4v) is 1.54. The SMILES string of the molecule is NC(CO)c1ccc2ccccc2c1.O=C(O)C(=O)O. The van der Waals surface area contributed by atoms with Gasteiger partial charge in [-0.05, 0) is 22.4 Å². The van der Waals surface area contributed by atoms with Crippen molar-refractivity contribution < 1.29 is 24.9 Å². The fraction of sp³-hybridized carbons (Fsp3) is 0.143. The Morgan fingerprint density at radius 3 is 2.05 bits per heavy atom. The minimum Gasteiger partial charge on any atom is -0.473 e. The Morgan fingerprint density at radius 2 is 1.55 bits per heavy atom. The second kappa shape index (κ2) is 7.22. The summed E-state index contributed by atoms with van der Waals surface area (Å²) in [4.78, 5) is 18.2. The van der Waals surface area contributed by atoms with E-state index in [4.69, 9.17) is 30.6 Å². The normalized spacial score (nSPS) is 11.3. The summed E-state index contributed by atoms with van der Waals surface area (Å²) < 4.78 is 0. The number of aliphatic hydroxyl groups is 1. The summed E-state index contributed by atoms with van der Waals surface area (Å²) in [5.74, 6) is -3.65. The predicted molar refractivity (Wildman–Crippen MR) is 73.2 cm³/mol. The van der Waals surface area contributed by atoms with Gasteiger partial charge in [-0.2, -0.15) is 0 Å². The van der Waals surface area contributed by atoms with Crippen molar-refractivity contribution in [1.29, 1.82) is 0 Å². The molecule has 2 aromatic rings. The Hall–Kier alpha value is -2.44. The molecule has 6 nitrogen and oxygen atoms in total. The van der Waals surface area contributed by atoms with E-state index in [0.29, 0.717) is 0 Å². The highest BCUT2D eigenvalue weighted by atomic mass is 16.4. The van der Waals surface area contributed by atoms with Crippen molar-refractivity contribution in [2.75, 3.05) is 6.61 Å². The van der Waals surface area contributed by atoms with Crippen LogP contribution in [0.4, 0.5) is 0 Å². The number of aliphatic carboxylic acids is 2. The van der Waals surface area contributed by atoms with Crippen LogP contribution in [-0.4, -0.2) is 33.9 Å². The maximum absolute atomic E-state index is 9.10. The van der Waals surface area contributed by atoms with Crippen LogP contribution >= 0.6 is 0 Å². The van der Waals surface area contributed by atoms with Crippen LogP contribution in [0, 0.1) is 0 Å². The Morgan fingerprint density at radius 1 is 1.00 bits per heavy atom. The molecule has 106 valence electrons. The standard InChI is InChI=1S/C12H13NO.C2H2O4/c13-12(8-14)11-6-5-9-3-1-2-4-10(9)7-11;3-1(4)2(5)6/h1-7,12,14H,8,13H2;(H,3,4)(H,5,6). The zero-order chi connectivity index (χ0) is 15.1. The third-order valence-corrected chi connectivity index (χ3v) is 2.58. The highest BCUT2D eigenvalue weighted by Gasteiger charge is 2.04. The lowest BCUT2D eigenvalue weighted by atomic mass is 10.0. The molecule has 0 aliphatic carbocycles. The van der Waals surface area contributed by atoms with Crippen molar-refractivity contribution >= 4 is 22.7 Å². The van der Waals surface area contributed by atoms with E-state index >= 15 is 0 Å². The lowest BCUT2D eigenvalue weighted by Gasteiger charge is -2.09. The van der Waals surface area contributed by atoms with Crippen molar-refractivity contribution in [2.24, 2.45) is 5.73 Å². The molecule has 0 saturated heterocycles. The highest BCUT2D eigenvalue weighted by Crippen LogP contribution is 2.18. The number of carboxylic acid groups (broad SMARTS) is 2. The molecule has 2 aromatic carbocycles. The molecule has 0 aliphatic rings. The monoisotopic (exact) mass is 277 g/mol. The number of hydrogen-bond acceptors (Lipinski definition) is 4. The van der Waals surface area contributed by atoms with Gasteiger partial charge in [0.15, 0.2) is 0 Å². The van der Waals surface area contributed by atoms with Gasteiger partial charge in [0.1, 0.15) is 0 Å². The maximum atomic E-state index is 9.10. The third kappa shape index (κ3) is 4.34. The molecule has 0 radical (unpaired) electrons. The molecule has 0 fully saturated rings. The van der Waals surface area contributed by atoms with Crippen molar-refractivity contribution in [1.82, 2.24) is 0 Å². The number of nitrogens with two attached hydrogens (primary N) is 1. The van der Waals surface area contributed by atoms with E-state index in [0.717, 1.165) is 10.9 Å². The third-order valence-electron chi connectivity index (χ3n) is 2.58. The van der Waals surface area contributed by atoms with Crippen LogP contribution in [0.5, 0.6) is 0 Å². The van der Waals surface area contributed by atoms with Crippen LogP contribution in [0.25, 0.3) is 10.8 Å². The molecule has 1 unspecified atom stereocenters. The van der Waals surface area contributed by atoms with E-state index in [1.807, 2.05) is 36.4 Å². The summed E-state index contributed by atoms with van der Waals surface area (Å²) in [6.07, 6.45) is 0. The van der Waals surface area contributed by atoms with Gasteiger partial charge in [0.05, 0.1) is 12.6 Å². The first-order valence-corrected chi connectivity index (χ1v) is 5.77. The molecule has 0 aliphatic heterocycles. The van der Waals surface area contributed by atoms with Gasteiger partial charge in [-0.3, -0.25) is 0 Å². The van der Waals surface area contributed by atoms with Crippen LogP contribution in [0.1, 0.15) is 11.6 Å². The van der Waals surface area contributed by atoms with Crippen LogP contribution < -0.4 is 5.73 Å². The summed E-state index contributed by atoms with van der Waals surface area (Å²) in [6, 6.07) is 13.8. The number of rotatable bonds is 2. The first-order valence-electron chi connectivity index (χ1n) is 5.77. The van der Waals surface area contributed by atoms with Crippen LogP contribution in [0.15, 0.2) is 42.5 Å². The quantitative estimate of drug-likeness (QED) is 0.607. The van der Waals surface area contributed by atoms with E-state index in [9.17, 15) is 0 Å². The lowest BCUT2D eigenvalue weighted by molar-refractivity contribution is -0.159. The fourth-order valence-electron chi connectivity index (χ4n) is 1.54. The molecule has 20 heavy (non-hydrogen) atoms. The number of benzene rings is 2. The van der Waals surface area contributed by atoms with Crippen molar-refractivity contribution in [3.63, 3.8) is 0 Å². The van der Waals surface area contributed by atoms with Gasteiger partial charge >= 0.3 is 11.9 Å². The van der Waals surface area contributed by atoms with E-state index in [2.05, 4.69) is 6.07 Å². The first-order chi connectivity index (χ1) is 9.45. The molecule has 0 heterocycles. The van der Waals surface area contributed by atoms with E-state index < -0.39 is 11.9 Å². The van der Waals surface area contributed by atoms with Crippen molar-refractivity contribution in [3.05, 3.63) is 48.0 Å². The molecule has 0 saturated carbocycles. The van der Waals surface area contributed by atoms with Gasteiger partial charge < -0.3 is 21.1 Å². The minimum atomic E-state index is -1.82. The smallest absolute Gasteiger partial charge is 0.414 e. The van der Waals surface area contributed by atoms with E-state index in [1.165, 1.54) is 5.39 Å². The van der Waals surface area contributed by atoms with Gasteiger partial charge in [-0.1, -0.05) is 36.4 Å². The zero-order valence-corrected chi connectivity index (χ0v) is 10.6. The number of carbonyl (C=O) groups is 2. The minimum absolute atomic E-state index is 0.0155. The van der Waals surface area contributed by atoms with E-state index in [-0.39, 0.29) is 12.6 Å². The topological polar surface area (TPSA) is 121 Å². The summed E-state index contributed by atoms with van der Waals surface area (Å²) >= 11 is 0. The second-order valence-corrected chi connectivity index (χ2v) is 4.01. The van der Waals surface area contributed by atoms with Gasteiger partial charge in [0.2, 0.25) is 0 Å². The average Bonchev–Trinajstić information content (AvgIpc) is 2.46. The number of hydrogen-bond donors (Lipinski definition) is 4. The van der Waals surface area contributed by atoms with Crippen molar-refractivity contribution in [3.8, 4) is 0 Å². The summed E-state index contributed by atoms with van der Waals surface area (Å²) in [7, 11) is 0. The lowest BCUT2D eigenvalue weighted by Crippen LogP contribution is -2.14.